The van der Waals surface area contributed by atoms with Crippen LogP contribution in [0.5, 0.6) is 5.75 Å². The van der Waals surface area contributed by atoms with Crippen LogP contribution < -0.4 is 10.3 Å². The van der Waals surface area contributed by atoms with Crippen molar-refractivity contribution < 1.29 is 9.53 Å². The first-order valence-corrected chi connectivity index (χ1v) is 13.4. The molecule has 1 spiro atoms. The van der Waals surface area contributed by atoms with E-state index in [1.165, 1.54) is 23.4 Å². The summed E-state index contributed by atoms with van der Waals surface area (Å²) in [5.41, 5.74) is 3.00. The van der Waals surface area contributed by atoms with E-state index in [-0.39, 0.29) is 16.9 Å². The zero-order valence-corrected chi connectivity index (χ0v) is 21.4. The molecule has 37 heavy (non-hydrogen) atoms. The Hall–Kier alpha value is -3.45. The number of pyridine rings is 2. The van der Waals surface area contributed by atoms with E-state index in [9.17, 15) is 9.59 Å². The number of nitrogens with zero attached hydrogens (tertiary/aromatic N) is 3. The molecule has 1 N–H and O–H groups in total. The number of para-hydroxylation sites is 1. The van der Waals surface area contributed by atoms with Gasteiger partial charge in [-0.05, 0) is 66.8 Å². The van der Waals surface area contributed by atoms with Gasteiger partial charge in [0.05, 0.1) is 5.56 Å². The normalized spacial score (nSPS) is 18.8. The second kappa shape index (κ2) is 11.7. The first-order valence-electron chi connectivity index (χ1n) is 13.4. The van der Waals surface area contributed by atoms with Gasteiger partial charge in [-0.15, -0.1) is 0 Å². The lowest BCUT2D eigenvalue weighted by atomic mass is 9.73. The molecule has 7 nitrogen and oxygen atoms in total. The van der Waals surface area contributed by atoms with Gasteiger partial charge in [-0.3, -0.25) is 19.5 Å². The number of ether oxygens (including phenoxy) is 1. The van der Waals surface area contributed by atoms with Gasteiger partial charge in [0, 0.05) is 57.4 Å². The zero-order valence-electron chi connectivity index (χ0n) is 21.4. The summed E-state index contributed by atoms with van der Waals surface area (Å²) in [7, 11) is 0. The van der Waals surface area contributed by atoms with Crippen LogP contribution in [0.15, 0.2) is 71.9 Å². The number of hydrogen-bond donors (Lipinski definition) is 1. The summed E-state index contributed by atoms with van der Waals surface area (Å²) in [4.78, 5) is 35.9. The van der Waals surface area contributed by atoms with Gasteiger partial charge in [0.15, 0.2) is 0 Å². The number of carbonyl (C=O) groups excluding carboxylic acids is 1. The second-order valence-corrected chi connectivity index (χ2v) is 10.5. The Bertz CT molecular complexity index is 1210. The molecule has 2 aromatic heterocycles. The minimum Gasteiger partial charge on any atom is -0.492 e. The van der Waals surface area contributed by atoms with E-state index < -0.39 is 0 Å². The number of nitrogens with one attached hydrogen (secondary N) is 1. The van der Waals surface area contributed by atoms with Crippen molar-refractivity contribution in [3.05, 3.63) is 94.2 Å². The van der Waals surface area contributed by atoms with Crippen molar-refractivity contribution >= 4 is 5.91 Å². The number of likely N-dealkylation sites (tertiary alicyclic amines) is 1. The van der Waals surface area contributed by atoms with Crippen LogP contribution in [0.2, 0.25) is 0 Å². The van der Waals surface area contributed by atoms with Crippen LogP contribution in [0.1, 0.15) is 53.6 Å². The maximum absolute atomic E-state index is 13.1. The van der Waals surface area contributed by atoms with Crippen molar-refractivity contribution in [2.75, 3.05) is 32.8 Å². The fourth-order valence-corrected chi connectivity index (χ4v) is 5.79. The van der Waals surface area contributed by atoms with Gasteiger partial charge in [0.25, 0.3) is 5.91 Å². The third kappa shape index (κ3) is 6.46. The van der Waals surface area contributed by atoms with Crippen LogP contribution in [0.25, 0.3) is 0 Å². The highest BCUT2D eigenvalue weighted by molar-refractivity contribution is 5.93. The summed E-state index contributed by atoms with van der Waals surface area (Å²) in [6.07, 6.45) is 11.7. The van der Waals surface area contributed by atoms with Crippen molar-refractivity contribution in [3.8, 4) is 5.75 Å². The molecule has 1 aromatic carbocycles. The Labute approximate surface area is 218 Å². The van der Waals surface area contributed by atoms with Gasteiger partial charge in [0.2, 0.25) is 5.56 Å². The van der Waals surface area contributed by atoms with E-state index in [0.717, 1.165) is 77.0 Å². The fraction of sp³-hybridized carbons (Fsp3) is 0.433. The van der Waals surface area contributed by atoms with Gasteiger partial charge in [0.1, 0.15) is 12.4 Å². The van der Waals surface area contributed by atoms with Gasteiger partial charge < -0.3 is 14.6 Å². The van der Waals surface area contributed by atoms with Crippen LogP contribution in [0.4, 0.5) is 0 Å². The Kier molecular flexibility index (Phi) is 7.99. The van der Waals surface area contributed by atoms with E-state index >= 15 is 0 Å². The molecule has 2 aliphatic rings. The SMILES string of the molecule is O=C(c1ccc(=O)[nH]c1)N1CCC2(CCCCc3ccccc3OCCN(Cc3cccnc3)C2)CC1. The van der Waals surface area contributed by atoms with E-state index in [0.29, 0.717) is 12.2 Å². The van der Waals surface area contributed by atoms with Crippen LogP contribution in [0.3, 0.4) is 0 Å². The van der Waals surface area contributed by atoms with Gasteiger partial charge >= 0.3 is 0 Å². The van der Waals surface area contributed by atoms with Crippen molar-refractivity contribution in [1.82, 2.24) is 19.8 Å². The lowest BCUT2D eigenvalue weighted by Gasteiger charge is -2.45. The summed E-state index contributed by atoms with van der Waals surface area (Å²) in [6.45, 7) is 4.76. The number of benzene rings is 1. The Morgan fingerprint density at radius 1 is 1.00 bits per heavy atom. The zero-order chi connectivity index (χ0) is 25.5. The number of aromatic nitrogens is 2. The summed E-state index contributed by atoms with van der Waals surface area (Å²) in [6, 6.07) is 15.6. The predicted molar refractivity (Wildman–Crippen MR) is 144 cm³/mol. The molecule has 4 heterocycles. The molecular formula is C30H36N4O3. The highest BCUT2D eigenvalue weighted by Crippen LogP contribution is 2.39. The molecule has 194 valence electrons. The number of fused-ring (bicyclic) bond motifs is 1. The minimum atomic E-state index is -0.192. The van der Waals surface area contributed by atoms with Gasteiger partial charge in [-0.25, -0.2) is 0 Å². The lowest BCUT2D eigenvalue weighted by Crippen LogP contribution is -2.48. The monoisotopic (exact) mass is 500 g/mol. The largest absolute Gasteiger partial charge is 0.492 e. The first-order chi connectivity index (χ1) is 18.1. The molecule has 0 unspecified atom stereocenters. The molecule has 3 aromatic rings. The van der Waals surface area contributed by atoms with Crippen LogP contribution >= 0.6 is 0 Å². The third-order valence-electron chi connectivity index (χ3n) is 7.87. The average molecular weight is 501 g/mol. The number of rotatable bonds is 3. The second-order valence-electron chi connectivity index (χ2n) is 10.5. The molecule has 5 rings (SSSR count). The van der Waals surface area contributed by atoms with E-state index in [2.05, 4.69) is 45.2 Å². The molecule has 2 aliphatic heterocycles. The predicted octanol–water partition coefficient (Wildman–Crippen LogP) is 4.30. The van der Waals surface area contributed by atoms with E-state index in [1.807, 2.05) is 23.4 Å². The number of aryl methyl sites for hydroxylation is 1. The first kappa shape index (κ1) is 25.2. The molecule has 0 radical (unpaired) electrons. The summed E-state index contributed by atoms with van der Waals surface area (Å²) >= 11 is 0. The van der Waals surface area contributed by atoms with Gasteiger partial charge in [-0.1, -0.05) is 30.7 Å². The standard InChI is InChI=1S/C30H36N4O3/c35-28-11-10-26(21-32-28)29(36)34-16-13-30(14-17-34)12-4-3-8-25-7-1-2-9-27(25)37-19-18-33(23-30)22-24-6-5-15-31-20-24/h1-2,5-7,9-11,15,20-21H,3-4,8,12-14,16-19,22-23H2,(H,32,35). The molecule has 7 heteroatoms. The molecule has 0 atom stereocenters. The number of piperidine rings is 1. The molecule has 1 fully saturated rings. The van der Waals surface area contributed by atoms with Crippen molar-refractivity contribution in [2.45, 2.75) is 45.1 Å². The molecule has 0 saturated carbocycles. The average Bonchev–Trinajstić information content (AvgIpc) is 2.92. The number of hydrogen-bond acceptors (Lipinski definition) is 5. The molecule has 0 bridgehead atoms. The van der Waals surface area contributed by atoms with E-state index in [1.54, 1.807) is 6.07 Å². The molecule has 0 aliphatic carbocycles. The summed E-state index contributed by atoms with van der Waals surface area (Å²) < 4.78 is 6.27. The third-order valence-corrected chi connectivity index (χ3v) is 7.87. The van der Waals surface area contributed by atoms with Crippen molar-refractivity contribution in [3.63, 3.8) is 0 Å². The quantitative estimate of drug-likeness (QED) is 0.580. The maximum Gasteiger partial charge on any atom is 0.255 e. The maximum atomic E-state index is 13.1. The van der Waals surface area contributed by atoms with E-state index in [4.69, 9.17) is 4.74 Å². The number of aromatic amines is 1. The fourth-order valence-electron chi connectivity index (χ4n) is 5.79. The summed E-state index contributed by atoms with van der Waals surface area (Å²) in [5.74, 6) is 1.00. The van der Waals surface area contributed by atoms with Crippen molar-refractivity contribution in [1.29, 1.82) is 0 Å². The van der Waals surface area contributed by atoms with Crippen molar-refractivity contribution in [2.24, 2.45) is 5.41 Å². The van der Waals surface area contributed by atoms with Crippen LogP contribution in [0, 0.1) is 5.41 Å². The molecule has 1 saturated heterocycles. The molecular weight excluding hydrogens is 464 g/mol. The Balaban J connectivity index is 1.32. The number of amides is 1. The smallest absolute Gasteiger partial charge is 0.255 e. The Morgan fingerprint density at radius 3 is 2.65 bits per heavy atom. The lowest BCUT2D eigenvalue weighted by molar-refractivity contribution is 0.0360. The molecule has 1 amide bonds. The number of carbonyl (C=O) groups is 1. The minimum absolute atomic E-state index is 0.00326. The van der Waals surface area contributed by atoms with Crippen LogP contribution in [-0.2, 0) is 13.0 Å². The Morgan fingerprint density at radius 2 is 1.86 bits per heavy atom. The van der Waals surface area contributed by atoms with Crippen LogP contribution in [-0.4, -0.2) is 58.5 Å². The summed E-state index contributed by atoms with van der Waals surface area (Å²) in [5, 5.41) is 0. The topological polar surface area (TPSA) is 78.5 Å². The number of H-pyrrole nitrogens is 1. The highest BCUT2D eigenvalue weighted by atomic mass is 16.5. The highest BCUT2D eigenvalue weighted by Gasteiger charge is 2.37. The van der Waals surface area contributed by atoms with Gasteiger partial charge in [-0.2, -0.15) is 0 Å².